The molecule has 0 unspecified atom stereocenters. The number of hydrogen-bond donors (Lipinski definition) is 1. The van der Waals surface area contributed by atoms with Crippen LogP contribution in [0.25, 0.3) is 0 Å². The minimum atomic E-state index is -3.88. The molecule has 15 heavy (non-hydrogen) atoms. The van der Waals surface area contributed by atoms with Crippen LogP contribution >= 0.6 is 11.8 Å². The second kappa shape index (κ2) is 6.86. The van der Waals surface area contributed by atoms with Gasteiger partial charge in [0.25, 0.3) is 10.1 Å². The Bertz CT molecular complexity index is 320. The molecule has 5 nitrogen and oxygen atoms in total. The third-order valence-electron chi connectivity index (χ3n) is 1.29. The predicted octanol–water partition coefficient (Wildman–Crippen LogP) is 0.727. The number of esters is 1. The molecular formula is C8H14O5S2. The Morgan fingerprint density at radius 1 is 1.47 bits per heavy atom. The maximum atomic E-state index is 10.9. The van der Waals surface area contributed by atoms with Gasteiger partial charge in [0.1, 0.15) is 6.61 Å². The third-order valence-corrected chi connectivity index (χ3v) is 3.22. The van der Waals surface area contributed by atoms with Crippen molar-refractivity contribution < 1.29 is 22.5 Å². The average Bonchev–Trinajstić information content (AvgIpc) is 2.08. The van der Waals surface area contributed by atoms with Crippen LogP contribution in [0.4, 0.5) is 0 Å². The zero-order valence-corrected chi connectivity index (χ0v) is 10.1. The van der Waals surface area contributed by atoms with Crippen molar-refractivity contribution in [3.05, 3.63) is 12.2 Å². The summed E-state index contributed by atoms with van der Waals surface area (Å²) in [7, 11) is -3.88. The molecule has 88 valence electrons. The Balaban J connectivity index is 3.41. The fourth-order valence-electron chi connectivity index (χ4n) is 0.583. The highest BCUT2D eigenvalue weighted by atomic mass is 32.2. The summed E-state index contributed by atoms with van der Waals surface area (Å²) in [5.74, 6) is 0.0368. The Hall–Kier alpha value is -0.530. The molecule has 0 heterocycles. The average molecular weight is 254 g/mol. The molecule has 0 aromatic carbocycles. The molecule has 0 atom stereocenters. The summed E-state index contributed by atoms with van der Waals surface area (Å²) >= 11 is 1.29. The van der Waals surface area contributed by atoms with E-state index in [-0.39, 0.29) is 18.1 Å². The highest BCUT2D eigenvalue weighted by Gasteiger charge is 2.05. The van der Waals surface area contributed by atoms with Crippen molar-refractivity contribution in [2.24, 2.45) is 0 Å². The molecular weight excluding hydrogens is 240 g/mol. The number of hydrogen-bond acceptors (Lipinski definition) is 5. The maximum absolute atomic E-state index is 10.9. The van der Waals surface area contributed by atoms with Crippen molar-refractivity contribution in [2.45, 2.75) is 6.92 Å². The molecule has 0 radical (unpaired) electrons. The molecule has 0 aliphatic carbocycles. The van der Waals surface area contributed by atoms with Crippen molar-refractivity contribution in [3.8, 4) is 0 Å². The molecule has 0 aliphatic heterocycles. The van der Waals surface area contributed by atoms with Gasteiger partial charge in [0.15, 0.2) is 0 Å². The second-order valence-corrected chi connectivity index (χ2v) is 5.61. The molecule has 0 fully saturated rings. The summed E-state index contributed by atoms with van der Waals surface area (Å²) < 4.78 is 33.8. The van der Waals surface area contributed by atoms with Crippen molar-refractivity contribution in [3.63, 3.8) is 0 Å². The van der Waals surface area contributed by atoms with Crippen molar-refractivity contribution >= 4 is 27.8 Å². The van der Waals surface area contributed by atoms with Crippen LogP contribution in [-0.4, -0.2) is 42.8 Å². The molecule has 7 heteroatoms. The van der Waals surface area contributed by atoms with E-state index in [1.807, 2.05) is 0 Å². The van der Waals surface area contributed by atoms with E-state index in [1.54, 1.807) is 6.92 Å². The Morgan fingerprint density at radius 3 is 2.53 bits per heavy atom. The van der Waals surface area contributed by atoms with E-state index >= 15 is 0 Å². The van der Waals surface area contributed by atoms with Crippen LogP contribution in [0.2, 0.25) is 0 Å². The van der Waals surface area contributed by atoms with E-state index in [0.29, 0.717) is 11.3 Å². The lowest BCUT2D eigenvalue weighted by atomic mass is 10.4. The van der Waals surface area contributed by atoms with Gasteiger partial charge in [-0.05, 0) is 6.92 Å². The van der Waals surface area contributed by atoms with E-state index in [9.17, 15) is 13.2 Å². The molecule has 0 spiro atoms. The predicted molar refractivity (Wildman–Crippen MR) is 59.5 cm³/mol. The third kappa shape index (κ3) is 9.77. The quantitative estimate of drug-likeness (QED) is 0.312. The normalized spacial score (nSPS) is 11.1. The molecule has 0 amide bonds. The maximum Gasteiger partial charge on any atom is 0.333 e. The first-order valence-corrected chi connectivity index (χ1v) is 6.95. The van der Waals surface area contributed by atoms with E-state index < -0.39 is 16.1 Å². The lowest BCUT2D eigenvalue weighted by Crippen LogP contribution is -2.10. The van der Waals surface area contributed by atoms with Gasteiger partial charge in [-0.3, -0.25) is 4.55 Å². The number of ether oxygens (including phenoxy) is 1. The van der Waals surface area contributed by atoms with Gasteiger partial charge >= 0.3 is 5.97 Å². The minimum Gasteiger partial charge on any atom is -0.461 e. The Labute approximate surface area is 93.6 Å². The molecule has 0 aliphatic rings. The van der Waals surface area contributed by atoms with Gasteiger partial charge in [0, 0.05) is 17.1 Å². The summed E-state index contributed by atoms with van der Waals surface area (Å²) in [4.78, 5) is 10.9. The Kier molecular flexibility index (Phi) is 6.62. The van der Waals surface area contributed by atoms with Crippen molar-refractivity contribution in [2.75, 3.05) is 23.9 Å². The first kappa shape index (κ1) is 14.5. The van der Waals surface area contributed by atoms with E-state index in [4.69, 9.17) is 9.29 Å². The summed E-state index contributed by atoms with van der Waals surface area (Å²) in [5, 5.41) is 0. The molecule has 0 rings (SSSR count). The molecule has 0 saturated carbocycles. The van der Waals surface area contributed by atoms with Crippen LogP contribution in [0, 0.1) is 0 Å². The van der Waals surface area contributed by atoms with Gasteiger partial charge in [-0.25, -0.2) is 4.79 Å². The largest absolute Gasteiger partial charge is 0.461 e. The number of carbonyl (C=O) groups is 1. The van der Waals surface area contributed by atoms with Crippen LogP contribution in [-0.2, 0) is 19.6 Å². The van der Waals surface area contributed by atoms with Gasteiger partial charge in [-0.15, -0.1) is 0 Å². The number of thioether (sulfide) groups is 1. The lowest BCUT2D eigenvalue weighted by Gasteiger charge is -2.03. The van der Waals surface area contributed by atoms with Gasteiger partial charge < -0.3 is 4.74 Å². The smallest absolute Gasteiger partial charge is 0.333 e. The zero-order chi connectivity index (χ0) is 11.9. The zero-order valence-electron chi connectivity index (χ0n) is 8.43. The van der Waals surface area contributed by atoms with Gasteiger partial charge in [0.2, 0.25) is 0 Å². The summed E-state index contributed by atoms with van der Waals surface area (Å²) in [6.45, 7) is 5.17. The van der Waals surface area contributed by atoms with Crippen LogP contribution < -0.4 is 0 Å². The van der Waals surface area contributed by atoms with Gasteiger partial charge in [-0.1, -0.05) is 6.58 Å². The van der Waals surface area contributed by atoms with Crippen LogP contribution in [0.15, 0.2) is 12.2 Å². The van der Waals surface area contributed by atoms with E-state index in [1.165, 1.54) is 11.8 Å². The van der Waals surface area contributed by atoms with Crippen LogP contribution in [0.1, 0.15) is 6.92 Å². The van der Waals surface area contributed by atoms with E-state index in [0.717, 1.165) is 0 Å². The van der Waals surface area contributed by atoms with Gasteiger partial charge in [-0.2, -0.15) is 20.2 Å². The topological polar surface area (TPSA) is 80.7 Å². The number of carbonyl (C=O) groups excluding carboxylic acids is 1. The molecule has 0 aromatic heterocycles. The second-order valence-electron chi connectivity index (χ2n) is 2.81. The Morgan fingerprint density at radius 2 is 2.07 bits per heavy atom. The summed E-state index contributed by atoms with van der Waals surface area (Å²) in [5.41, 5.74) is 0.331. The summed E-state index contributed by atoms with van der Waals surface area (Å²) in [6.07, 6.45) is 0. The monoisotopic (exact) mass is 254 g/mol. The molecule has 0 saturated heterocycles. The minimum absolute atomic E-state index is 0.210. The highest BCUT2D eigenvalue weighted by molar-refractivity contribution is 8.00. The van der Waals surface area contributed by atoms with E-state index in [2.05, 4.69) is 6.58 Å². The van der Waals surface area contributed by atoms with Crippen LogP contribution in [0.5, 0.6) is 0 Å². The SMILES string of the molecule is C=C(C)C(=O)OCCSCCS(=O)(=O)O. The first-order chi connectivity index (χ1) is 6.83. The summed E-state index contributed by atoms with van der Waals surface area (Å²) in [6, 6.07) is 0. The lowest BCUT2D eigenvalue weighted by molar-refractivity contribution is -0.138. The molecule has 1 N–H and O–H groups in total. The molecule has 0 aromatic rings. The molecule has 0 bridgehead atoms. The number of rotatable bonds is 7. The van der Waals surface area contributed by atoms with Gasteiger partial charge in [0.05, 0.1) is 5.75 Å². The van der Waals surface area contributed by atoms with Crippen molar-refractivity contribution in [1.82, 2.24) is 0 Å². The fraction of sp³-hybridized carbons (Fsp3) is 0.625. The highest BCUT2D eigenvalue weighted by Crippen LogP contribution is 2.02. The first-order valence-electron chi connectivity index (χ1n) is 4.18. The van der Waals surface area contributed by atoms with Crippen LogP contribution in [0.3, 0.4) is 0 Å². The fourth-order valence-corrected chi connectivity index (χ4v) is 2.30. The standard InChI is InChI=1S/C8H14O5S2/c1-7(2)8(9)13-3-4-14-5-6-15(10,11)12/h1,3-6H2,2H3,(H,10,11,12). The van der Waals surface area contributed by atoms with Crippen molar-refractivity contribution in [1.29, 1.82) is 0 Å².